The fourth-order valence-electron chi connectivity index (χ4n) is 3.41. The largest absolute Gasteiger partial charge is 0.338 e. The molecule has 1 saturated heterocycles. The van der Waals surface area contributed by atoms with Gasteiger partial charge in [-0.2, -0.15) is 4.80 Å². The molecule has 0 aliphatic carbocycles. The summed E-state index contributed by atoms with van der Waals surface area (Å²) in [5.74, 6) is 0.870. The van der Waals surface area contributed by atoms with Crippen molar-refractivity contribution in [2.24, 2.45) is 0 Å². The maximum Gasteiger partial charge on any atom is 0.223 e. The number of aromatic nitrogens is 4. The molecule has 1 aliphatic heterocycles. The Morgan fingerprint density at radius 2 is 2.08 bits per heavy atom. The first-order valence-electron chi connectivity index (χ1n) is 8.95. The van der Waals surface area contributed by atoms with Crippen molar-refractivity contribution < 1.29 is 4.79 Å². The number of nitrogens with zero attached hydrogens (tertiary/aromatic N) is 5. The minimum atomic E-state index is 0.156. The summed E-state index contributed by atoms with van der Waals surface area (Å²) in [6.45, 7) is 1.43. The molecule has 0 spiro atoms. The maximum absolute atomic E-state index is 12.7. The van der Waals surface area contributed by atoms with Crippen LogP contribution in [0.25, 0.3) is 10.7 Å². The van der Waals surface area contributed by atoms with Gasteiger partial charge in [-0.05, 0) is 41.5 Å². The number of thiophene rings is 1. The van der Waals surface area contributed by atoms with E-state index in [1.165, 1.54) is 5.56 Å². The first-order valence-corrected chi connectivity index (χ1v) is 9.82. The summed E-state index contributed by atoms with van der Waals surface area (Å²) < 4.78 is 0. The lowest BCUT2D eigenvalue weighted by molar-refractivity contribution is -0.132. The van der Waals surface area contributed by atoms with Gasteiger partial charge in [-0.25, -0.2) is 0 Å². The number of hydrogen-bond acceptors (Lipinski definition) is 5. The lowest BCUT2D eigenvalue weighted by Crippen LogP contribution is -2.38. The molecule has 0 unspecified atom stereocenters. The van der Waals surface area contributed by atoms with E-state index in [1.54, 1.807) is 16.1 Å². The first-order chi connectivity index (χ1) is 12.8. The van der Waals surface area contributed by atoms with Gasteiger partial charge in [0.2, 0.25) is 11.7 Å². The molecule has 0 saturated carbocycles. The minimum absolute atomic E-state index is 0.156. The fraction of sp³-hybridized carbons (Fsp3) is 0.368. The lowest BCUT2D eigenvalue weighted by Gasteiger charge is -2.24. The molecule has 1 aliphatic rings. The third kappa shape index (κ3) is 3.83. The molecule has 4 rings (SSSR count). The van der Waals surface area contributed by atoms with Crippen LogP contribution in [0.1, 0.15) is 24.8 Å². The van der Waals surface area contributed by atoms with Gasteiger partial charge < -0.3 is 4.90 Å². The average molecular weight is 367 g/mol. The van der Waals surface area contributed by atoms with Crippen LogP contribution in [0.15, 0.2) is 47.8 Å². The lowest BCUT2D eigenvalue weighted by atomic mass is 10.1. The van der Waals surface area contributed by atoms with E-state index in [0.29, 0.717) is 18.8 Å². The molecule has 1 fully saturated rings. The Morgan fingerprint density at radius 1 is 1.19 bits per heavy atom. The van der Waals surface area contributed by atoms with Crippen molar-refractivity contribution >= 4 is 17.2 Å². The van der Waals surface area contributed by atoms with Crippen molar-refractivity contribution in [1.29, 1.82) is 0 Å². The molecule has 1 amide bonds. The maximum atomic E-state index is 12.7. The molecular formula is C19H21N5OS. The van der Waals surface area contributed by atoms with E-state index in [-0.39, 0.29) is 11.9 Å². The molecular weight excluding hydrogens is 346 g/mol. The summed E-state index contributed by atoms with van der Waals surface area (Å²) in [5, 5.41) is 14.8. The molecule has 134 valence electrons. The highest BCUT2D eigenvalue weighted by molar-refractivity contribution is 7.13. The van der Waals surface area contributed by atoms with Gasteiger partial charge in [0, 0.05) is 13.0 Å². The number of rotatable bonds is 6. The van der Waals surface area contributed by atoms with Crippen LogP contribution >= 0.6 is 11.3 Å². The number of tetrazole rings is 1. The van der Waals surface area contributed by atoms with Gasteiger partial charge in [-0.15, -0.1) is 21.5 Å². The Kier molecular flexibility index (Phi) is 5.06. The Balaban J connectivity index is 1.36. The zero-order valence-corrected chi connectivity index (χ0v) is 15.3. The number of benzene rings is 1. The minimum Gasteiger partial charge on any atom is -0.338 e. The van der Waals surface area contributed by atoms with Crippen molar-refractivity contribution in [3.05, 3.63) is 53.4 Å². The van der Waals surface area contributed by atoms with E-state index in [2.05, 4.69) is 27.5 Å². The van der Waals surface area contributed by atoms with E-state index < -0.39 is 0 Å². The highest BCUT2D eigenvalue weighted by Crippen LogP contribution is 2.22. The third-order valence-corrected chi connectivity index (χ3v) is 5.60. The topological polar surface area (TPSA) is 63.9 Å². The van der Waals surface area contributed by atoms with E-state index >= 15 is 0 Å². The van der Waals surface area contributed by atoms with E-state index in [4.69, 9.17) is 0 Å². The van der Waals surface area contributed by atoms with Crippen LogP contribution in [0, 0.1) is 0 Å². The molecule has 3 heterocycles. The number of amides is 1. The van der Waals surface area contributed by atoms with Crippen molar-refractivity contribution in [3.8, 4) is 10.7 Å². The molecule has 0 radical (unpaired) electrons. The smallest absolute Gasteiger partial charge is 0.223 e. The molecule has 2 aromatic heterocycles. The Hall–Kier alpha value is -2.54. The van der Waals surface area contributed by atoms with Gasteiger partial charge in [0.1, 0.15) is 0 Å². The van der Waals surface area contributed by atoms with Crippen LogP contribution in [0.5, 0.6) is 0 Å². The number of aryl methyl sites for hydroxylation is 1. The normalized spacial score (nSPS) is 16.9. The van der Waals surface area contributed by atoms with Gasteiger partial charge in [0.15, 0.2) is 0 Å². The number of carbonyl (C=O) groups is 1. The van der Waals surface area contributed by atoms with Crippen molar-refractivity contribution in [3.63, 3.8) is 0 Å². The van der Waals surface area contributed by atoms with Crippen LogP contribution in [0.3, 0.4) is 0 Å². The average Bonchev–Trinajstić information content (AvgIpc) is 3.42. The Morgan fingerprint density at radius 3 is 2.88 bits per heavy atom. The van der Waals surface area contributed by atoms with Crippen LogP contribution in [-0.2, 0) is 17.8 Å². The standard InChI is InChI=1S/C19H21N5OS/c25-18(11-10-15-6-2-1-3-7-15)23-12-4-8-16(23)14-24-21-19(20-22-24)17-9-5-13-26-17/h1-3,5-7,9,13,16H,4,8,10-12,14H2/t16-/m0/s1. The van der Waals surface area contributed by atoms with Gasteiger partial charge in [-0.3, -0.25) is 4.79 Å². The molecule has 1 aromatic carbocycles. The quantitative estimate of drug-likeness (QED) is 0.672. The second kappa shape index (κ2) is 7.78. The van der Waals surface area contributed by atoms with Crippen LogP contribution in [-0.4, -0.2) is 43.6 Å². The summed E-state index contributed by atoms with van der Waals surface area (Å²) in [4.78, 5) is 17.3. The fourth-order valence-corrected chi connectivity index (χ4v) is 4.05. The second-order valence-corrected chi connectivity index (χ2v) is 7.46. The molecule has 0 bridgehead atoms. The molecule has 26 heavy (non-hydrogen) atoms. The SMILES string of the molecule is O=C(CCc1ccccc1)N1CCC[C@H]1Cn1nnc(-c2cccs2)n1. The van der Waals surface area contributed by atoms with Gasteiger partial charge in [-0.1, -0.05) is 36.4 Å². The predicted octanol–water partition coefficient (Wildman–Crippen LogP) is 3.03. The summed E-state index contributed by atoms with van der Waals surface area (Å²) in [6, 6.07) is 14.3. The van der Waals surface area contributed by atoms with E-state index in [9.17, 15) is 4.79 Å². The zero-order valence-electron chi connectivity index (χ0n) is 14.5. The van der Waals surface area contributed by atoms with Crippen molar-refractivity contribution in [2.75, 3.05) is 6.54 Å². The van der Waals surface area contributed by atoms with E-state index in [0.717, 1.165) is 30.7 Å². The van der Waals surface area contributed by atoms with Gasteiger partial charge >= 0.3 is 0 Å². The second-order valence-electron chi connectivity index (χ2n) is 6.51. The van der Waals surface area contributed by atoms with Crippen LogP contribution in [0.4, 0.5) is 0 Å². The molecule has 3 aromatic rings. The van der Waals surface area contributed by atoms with Crippen molar-refractivity contribution in [1.82, 2.24) is 25.1 Å². The third-order valence-electron chi connectivity index (χ3n) is 4.74. The zero-order chi connectivity index (χ0) is 17.8. The highest BCUT2D eigenvalue weighted by atomic mass is 32.1. The number of likely N-dealkylation sites (tertiary alicyclic amines) is 1. The van der Waals surface area contributed by atoms with Gasteiger partial charge in [0.05, 0.1) is 17.5 Å². The molecule has 1 atom stereocenters. The van der Waals surface area contributed by atoms with E-state index in [1.807, 2.05) is 40.6 Å². The highest BCUT2D eigenvalue weighted by Gasteiger charge is 2.29. The summed E-state index contributed by atoms with van der Waals surface area (Å²) in [6.07, 6.45) is 3.36. The summed E-state index contributed by atoms with van der Waals surface area (Å²) in [7, 11) is 0. The first kappa shape index (κ1) is 16.9. The molecule has 7 heteroatoms. The number of hydrogen-bond donors (Lipinski definition) is 0. The monoisotopic (exact) mass is 367 g/mol. The Labute approximate surface area is 156 Å². The molecule has 0 N–H and O–H groups in total. The number of carbonyl (C=O) groups excluding carboxylic acids is 1. The van der Waals surface area contributed by atoms with Gasteiger partial charge in [0.25, 0.3) is 0 Å². The Bertz CT molecular complexity index is 846. The predicted molar refractivity (Wildman–Crippen MR) is 101 cm³/mol. The summed E-state index contributed by atoms with van der Waals surface area (Å²) >= 11 is 1.60. The summed E-state index contributed by atoms with van der Waals surface area (Å²) in [5.41, 5.74) is 1.20. The molecule has 6 nitrogen and oxygen atoms in total. The van der Waals surface area contributed by atoms with Crippen LogP contribution < -0.4 is 0 Å². The van der Waals surface area contributed by atoms with Crippen molar-refractivity contribution in [2.45, 2.75) is 38.3 Å². The van der Waals surface area contributed by atoms with Crippen LogP contribution in [0.2, 0.25) is 0 Å².